The van der Waals surface area contributed by atoms with Crippen molar-refractivity contribution in [3.8, 4) is 11.8 Å². The van der Waals surface area contributed by atoms with E-state index in [2.05, 4.69) is 0 Å². The van der Waals surface area contributed by atoms with Crippen molar-refractivity contribution in [2.24, 2.45) is 0 Å². The van der Waals surface area contributed by atoms with Crippen molar-refractivity contribution >= 4 is 53.4 Å². The Hall–Kier alpha value is -4.87. The Bertz CT molecular complexity index is 2670. The van der Waals surface area contributed by atoms with Crippen LogP contribution in [0.15, 0.2) is 93.9 Å². The minimum Gasteiger partial charge on any atom is -0.492 e. The number of fused-ring (bicyclic) bond motifs is 2. The standard InChI is InChI=1S/C42H53N3O15S3/c1-6-43-34-14-12-30(62(52,53)54)27-32(34)41(3,20-8-26-61(49,50)51)36(43)16-10-29(2)11-17-37-42(4,21-23-59-25-24-58-5)33-28-31(63(55,56)57)13-15-35(33)44(37)22-7-9-40(48)60-45-38(46)18-19-39(45)47/h10-19,27-28H,6-9,20-26H2,1-5H3,(H4-,46,47,49,50,51,52,53,54,55,56,57)/p+1. The van der Waals surface area contributed by atoms with E-state index in [0.717, 1.165) is 17.7 Å². The molecule has 5 rings (SSSR count). The lowest BCUT2D eigenvalue weighted by Gasteiger charge is -2.30. The first-order valence-electron chi connectivity index (χ1n) is 20.0. The van der Waals surface area contributed by atoms with Gasteiger partial charge in [-0.2, -0.15) is 29.8 Å². The number of rotatable bonds is 21. The molecular formula is C42H54N3O15S3+. The smallest absolute Gasteiger partial charge is 0.333 e. The molecule has 63 heavy (non-hydrogen) atoms. The highest BCUT2D eigenvalue weighted by Crippen LogP contribution is 2.51. The molecule has 0 saturated carbocycles. The molecule has 0 radical (unpaired) electrons. The van der Waals surface area contributed by atoms with E-state index in [4.69, 9.17) is 14.3 Å². The monoisotopic (exact) mass is 936 g/mol. The van der Waals surface area contributed by atoms with Gasteiger partial charge in [0.2, 0.25) is 17.4 Å². The number of allylic oxidation sites excluding steroid dienone is 6. The first kappa shape index (κ1) is 49.2. The van der Waals surface area contributed by atoms with Crippen molar-refractivity contribution in [2.45, 2.75) is 80.4 Å². The van der Waals surface area contributed by atoms with Crippen molar-refractivity contribution in [2.75, 3.05) is 50.7 Å². The summed E-state index contributed by atoms with van der Waals surface area (Å²) in [5.41, 5.74) is 2.68. The number of likely N-dealkylation sites (N-methyl/N-ethyl adjacent to an activating group) is 1. The first-order valence-corrected chi connectivity index (χ1v) is 24.5. The fourth-order valence-electron chi connectivity index (χ4n) is 8.12. The summed E-state index contributed by atoms with van der Waals surface area (Å²) in [7, 11) is -11.9. The predicted molar refractivity (Wildman–Crippen MR) is 233 cm³/mol. The number of hydrogen-bond donors (Lipinski definition) is 5. The summed E-state index contributed by atoms with van der Waals surface area (Å²) in [5.74, 6) is -2.21. The van der Waals surface area contributed by atoms with E-state index < -0.39 is 64.7 Å². The molecule has 2 aromatic carbocycles. The van der Waals surface area contributed by atoms with Gasteiger partial charge in [-0.05, 0) is 88.9 Å². The quantitative estimate of drug-likeness (QED) is 0.0403. The van der Waals surface area contributed by atoms with Crippen molar-refractivity contribution < 1.29 is 72.8 Å². The maximum atomic E-state index is 12.8. The number of anilines is 1. The van der Waals surface area contributed by atoms with Gasteiger partial charge in [0.25, 0.3) is 30.4 Å². The SMILES string of the molecule is CCN1/C(=C/C=C(C)/C=C/C2=[N+](CCCC(=O)On3c(O)ccc3O)c3ccc(S(=O)(=O)O)cc3C2(C)CCOCCOC)C(C)(CCCS(=O)(=O)O)c2cc(S(=O)(=O)O)ccc21. The molecule has 1 aromatic heterocycles. The van der Waals surface area contributed by atoms with Crippen LogP contribution in [0.4, 0.5) is 11.4 Å². The van der Waals surface area contributed by atoms with Crippen LogP contribution in [0.5, 0.6) is 11.8 Å². The molecule has 2 aliphatic heterocycles. The summed E-state index contributed by atoms with van der Waals surface area (Å²) in [6.07, 6.45) is 8.06. The highest BCUT2D eigenvalue weighted by Gasteiger charge is 2.48. The Morgan fingerprint density at radius 1 is 0.825 bits per heavy atom. The molecule has 0 fully saturated rings. The van der Waals surface area contributed by atoms with Crippen LogP contribution in [-0.2, 0) is 55.5 Å². The van der Waals surface area contributed by atoms with Crippen molar-refractivity contribution in [1.82, 2.24) is 4.73 Å². The zero-order chi connectivity index (χ0) is 46.5. The third kappa shape index (κ3) is 11.3. The van der Waals surface area contributed by atoms with Crippen molar-refractivity contribution in [1.29, 1.82) is 0 Å². The van der Waals surface area contributed by atoms with Gasteiger partial charge in [-0.15, -0.1) is 4.73 Å². The summed E-state index contributed by atoms with van der Waals surface area (Å²) in [6.45, 7) is 9.06. The average Bonchev–Trinajstić information content (AvgIpc) is 3.73. The fourth-order valence-corrected chi connectivity index (χ4v) is 9.64. The van der Waals surface area contributed by atoms with Gasteiger partial charge >= 0.3 is 5.97 Å². The molecule has 21 heteroatoms. The van der Waals surface area contributed by atoms with Crippen LogP contribution in [0.3, 0.4) is 0 Å². The van der Waals surface area contributed by atoms with Crippen LogP contribution in [-0.4, -0.2) is 116 Å². The molecule has 18 nitrogen and oxygen atoms in total. The Morgan fingerprint density at radius 2 is 1.46 bits per heavy atom. The van der Waals surface area contributed by atoms with Gasteiger partial charge in [0, 0.05) is 73.3 Å². The fraction of sp³-hybridized carbons (Fsp3) is 0.429. The second-order valence-corrected chi connectivity index (χ2v) is 20.1. The number of hydrogen-bond acceptors (Lipinski definition) is 13. The number of aromatic hydroxyl groups is 2. The Balaban J connectivity index is 1.57. The second-order valence-electron chi connectivity index (χ2n) is 15.7. The molecule has 2 atom stereocenters. The lowest BCUT2D eigenvalue weighted by atomic mass is 9.76. The van der Waals surface area contributed by atoms with E-state index in [1.807, 2.05) is 61.5 Å². The summed E-state index contributed by atoms with van der Waals surface area (Å²) in [6, 6.07) is 10.9. The lowest BCUT2D eigenvalue weighted by molar-refractivity contribution is -0.438. The van der Waals surface area contributed by atoms with E-state index in [-0.39, 0.29) is 48.6 Å². The molecule has 0 bridgehead atoms. The van der Waals surface area contributed by atoms with Crippen LogP contribution < -0.4 is 9.74 Å². The highest BCUT2D eigenvalue weighted by molar-refractivity contribution is 7.86. The number of carbonyl (C=O) groups is 1. The maximum Gasteiger partial charge on any atom is 0.333 e. The Morgan fingerprint density at radius 3 is 2.06 bits per heavy atom. The number of benzene rings is 2. The van der Waals surface area contributed by atoms with E-state index in [9.17, 15) is 53.9 Å². The van der Waals surface area contributed by atoms with Gasteiger partial charge in [0.05, 0.1) is 40.6 Å². The molecule has 0 spiro atoms. The van der Waals surface area contributed by atoms with Gasteiger partial charge in [-0.3, -0.25) is 13.7 Å². The topological polar surface area (TPSA) is 260 Å². The number of methoxy groups -OCH3 is 1. The predicted octanol–water partition coefficient (Wildman–Crippen LogP) is 5.09. The summed E-state index contributed by atoms with van der Waals surface area (Å²) in [5, 5.41) is 19.9. The van der Waals surface area contributed by atoms with Crippen molar-refractivity contribution in [3.05, 3.63) is 95.2 Å². The van der Waals surface area contributed by atoms with E-state index in [1.54, 1.807) is 19.2 Å². The summed E-state index contributed by atoms with van der Waals surface area (Å²) < 4.78 is 116. The molecule has 3 heterocycles. The molecule has 0 amide bonds. The van der Waals surface area contributed by atoms with Crippen LogP contribution in [0, 0.1) is 0 Å². The van der Waals surface area contributed by atoms with E-state index in [1.165, 1.54) is 24.3 Å². The van der Waals surface area contributed by atoms with Gasteiger partial charge in [-0.25, -0.2) is 4.79 Å². The maximum absolute atomic E-state index is 12.8. The molecule has 2 unspecified atom stereocenters. The highest BCUT2D eigenvalue weighted by atomic mass is 32.2. The molecule has 2 aliphatic rings. The van der Waals surface area contributed by atoms with Crippen LogP contribution in [0.2, 0.25) is 0 Å². The van der Waals surface area contributed by atoms with Crippen molar-refractivity contribution in [3.63, 3.8) is 0 Å². The third-order valence-electron chi connectivity index (χ3n) is 11.3. The van der Waals surface area contributed by atoms with Gasteiger partial charge in [-0.1, -0.05) is 17.7 Å². The second kappa shape index (κ2) is 19.5. The normalized spacial score (nSPS) is 20.0. The lowest BCUT2D eigenvalue weighted by Crippen LogP contribution is -2.33. The van der Waals surface area contributed by atoms with Crippen LogP contribution >= 0.6 is 0 Å². The van der Waals surface area contributed by atoms with Gasteiger partial charge < -0.3 is 29.4 Å². The summed E-state index contributed by atoms with van der Waals surface area (Å²) >= 11 is 0. The molecule has 0 aliphatic carbocycles. The van der Waals surface area contributed by atoms with E-state index in [0.29, 0.717) is 64.8 Å². The van der Waals surface area contributed by atoms with E-state index >= 15 is 0 Å². The molecule has 0 saturated heterocycles. The molecular weight excluding hydrogens is 883 g/mol. The zero-order valence-corrected chi connectivity index (χ0v) is 38.0. The molecule has 344 valence electrons. The number of ether oxygens (including phenoxy) is 2. The minimum atomic E-state index is -4.60. The van der Waals surface area contributed by atoms with Gasteiger partial charge in [0.1, 0.15) is 6.54 Å². The molecule has 5 N–H and O–H groups in total. The number of nitrogens with zero attached hydrogens (tertiary/aromatic N) is 3. The molecule has 3 aromatic rings. The zero-order valence-electron chi connectivity index (χ0n) is 35.6. The Kier molecular flexibility index (Phi) is 15.2. The third-order valence-corrected chi connectivity index (χ3v) is 13.9. The minimum absolute atomic E-state index is 0.0408. The summed E-state index contributed by atoms with van der Waals surface area (Å²) in [4.78, 5) is 19.3. The largest absolute Gasteiger partial charge is 0.492 e. The first-order chi connectivity index (χ1) is 29.4. The number of carbonyl (C=O) groups excluding carboxylic acids is 1. The van der Waals surface area contributed by atoms with Crippen LogP contribution in [0.1, 0.15) is 70.9 Å². The van der Waals surface area contributed by atoms with Gasteiger partial charge in [0.15, 0.2) is 5.71 Å². The average molecular weight is 937 g/mol. The number of aromatic nitrogens is 1. The van der Waals surface area contributed by atoms with Crippen LogP contribution in [0.25, 0.3) is 0 Å². The Labute approximate surface area is 367 Å².